The van der Waals surface area contributed by atoms with Crippen LogP contribution in [0.4, 0.5) is 0 Å². The Hall–Kier alpha value is -0.823. The second kappa shape index (κ2) is 3.58. The Bertz CT molecular complexity index is 412. The summed E-state index contributed by atoms with van der Waals surface area (Å²) in [5.41, 5.74) is 0.491. The maximum Gasteiger partial charge on any atom is 0.105 e. The first-order chi connectivity index (χ1) is 7.68. The normalized spacial score (nSPS) is 25.1. The van der Waals surface area contributed by atoms with Gasteiger partial charge in [-0.3, -0.25) is 0 Å². The Balaban J connectivity index is 2.40. The minimum Gasteiger partial charge on any atom is -0.0752 e. The molecule has 0 aromatic carbocycles. The Labute approximate surface area is 107 Å². The van der Waals surface area contributed by atoms with Crippen molar-refractivity contribution in [2.24, 2.45) is 10.8 Å². The van der Waals surface area contributed by atoms with E-state index in [0.717, 1.165) is 0 Å². The van der Waals surface area contributed by atoms with Crippen LogP contribution < -0.4 is 0 Å². The summed E-state index contributed by atoms with van der Waals surface area (Å²) in [7, 11) is -1.51. The second-order valence-corrected chi connectivity index (χ2v) is 11.3. The molecule has 2 rings (SSSR count). The molecule has 92 valence electrons. The summed E-state index contributed by atoms with van der Waals surface area (Å²) in [6, 6.07) is 0. The molecule has 0 fully saturated rings. The second-order valence-electron chi connectivity index (χ2n) is 6.95. The third kappa shape index (κ3) is 1.91. The molecular formula is C16H24Si. The van der Waals surface area contributed by atoms with E-state index in [1.54, 1.807) is 10.4 Å². The molecule has 0 N–H and O–H groups in total. The van der Waals surface area contributed by atoms with Crippen LogP contribution in [0.2, 0.25) is 13.1 Å². The van der Waals surface area contributed by atoms with E-state index in [0.29, 0.717) is 0 Å². The van der Waals surface area contributed by atoms with E-state index in [1.807, 2.05) is 0 Å². The van der Waals surface area contributed by atoms with Crippen molar-refractivity contribution >= 4 is 8.07 Å². The molecule has 0 amide bonds. The minimum absolute atomic E-state index is 0.245. The summed E-state index contributed by atoms with van der Waals surface area (Å²) in [6.07, 6.45) is 13.9. The van der Waals surface area contributed by atoms with Gasteiger partial charge in [-0.25, -0.2) is 0 Å². The van der Waals surface area contributed by atoms with Gasteiger partial charge in [-0.05, 0) is 0 Å². The summed E-state index contributed by atoms with van der Waals surface area (Å²) in [5, 5.41) is 3.32. The first-order valence-corrected chi connectivity index (χ1v) is 9.49. The maximum absolute atomic E-state index is 2.49. The highest BCUT2D eigenvalue weighted by molar-refractivity contribution is 6.91. The molecule has 1 heteroatoms. The average Bonchev–Trinajstić information content (AvgIpc) is 2.68. The SMILES string of the molecule is CC1(C)C=CC=C1[Si](C)(C)C1=CC=CC1(C)C. The molecule has 0 aromatic rings. The van der Waals surface area contributed by atoms with Crippen molar-refractivity contribution in [3.63, 3.8) is 0 Å². The van der Waals surface area contributed by atoms with Crippen LogP contribution in [0.5, 0.6) is 0 Å². The van der Waals surface area contributed by atoms with Crippen LogP contribution in [0, 0.1) is 10.8 Å². The third-order valence-corrected chi connectivity index (χ3v) is 8.60. The van der Waals surface area contributed by atoms with Crippen molar-refractivity contribution in [1.29, 1.82) is 0 Å². The molecule has 2 aliphatic rings. The van der Waals surface area contributed by atoms with Crippen molar-refractivity contribution in [3.05, 3.63) is 46.8 Å². The Morgan fingerprint density at radius 2 is 1.12 bits per heavy atom. The third-order valence-electron chi connectivity index (χ3n) is 4.29. The lowest BCUT2D eigenvalue weighted by Crippen LogP contribution is -2.41. The number of allylic oxidation sites excluding steroid dienone is 8. The molecule has 0 aromatic heterocycles. The van der Waals surface area contributed by atoms with E-state index in [2.05, 4.69) is 77.2 Å². The van der Waals surface area contributed by atoms with Gasteiger partial charge in [-0.15, -0.1) is 0 Å². The van der Waals surface area contributed by atoms with E-state index in [1.165, 1.54) is 0 Å². The molecule has 17 heavy (non-hydrogen) atoms. The van der Waals surface area contributed by atoms with Crippen molar-refractivity contribution < 1.29 is 0 Å². The van der Waals surface area contributed by atoms with E-state index >= 15 is 0 Å². The number of hydrogen-bond donors (Lipinski definition) is 0. The zero-order valence-corrected chi connectivity index (χ0v) is 13.0. The fraction of sp³-hybridized carbons (Fsp3) is 0.500. The van der Waals surface area contributed by atoms with Gasteiger partial charge in [0.1, 0.15) is 8.07 Å². The predicted octanol–water partition coefficient (Wildman–Crippen LogP) is 4.82. The molecule has 0 saturated carbocycles. The monoisotopic (exact) mass is 244 g/mol. The Kier molecular flexibility index (Phi) is 2.66. The highest BCUT2D eigenvalue weighted by atomic mass is 28.3. The smallest absolute Gasteiger partial charge is 0.0752 e. The number of hydrogen-bond acceptors (Lipinski definition) is 0. The van der Waals surface area contributed by atoms with E-state index < -0.39 is 8.07 Å². The fourth-order valence-electron chi connectivity index (χ4n) is 3.55. The van der Waals surface area contributed by atoms with E-state index in [9.17, 15) is 0 Å². The molecule has 0 nitrogen and oxygen atoms in total. The lowest BCUT2D eigenvalue weighted by molar-refractivity contribution is 0.596. The van der Waals surface area contributed by atoms with Crippen LogP contribution in [0.3, 0.4) is 0 Å². The zero-order chi connectivity index (χ0) is 12.9. The summed E-state index contributed by atoms with van der Waals surface area (Å²) in [4.78, 5) is 0. The van der Waals surface area contributed by atoms with Gasteiger partial charge in [0.2, 0.25) is 0 Å². The van der Waals surface area contributed by atoms with Crippen LogP contribution in [-0.4, -0.2) is 8.07 Å². The van der Waals surface area contributed by atoms with E-state index in [-0.39, 0.29) is 10.8 Å². The molecule has 0 bridgehead atoms. The summed E-state index contributed by atoms with van der Waals surface area (Å²) < 4.78 is 0. The van der Waals surface area contributed by atoms with Crippen molar-refractivity contribution in [2.75, 3.05) is 0 Å². The van der Waals surface area contributed by atoms with Crippen LogP contribution in [0.25, 0.3) is 0 Å². The van der Waals surface area contributed by atoms with Gasteiger partial charge in [0.15, 0.2) is 0 Å². The zero-order valence-electron chi connectivity index (χ0n) is 12.0. The lowest BCUT2D eigenvalue weighted by Gasteiger charge is -2.39. The van der Waals surface area contributed by atoms with Crippen LogP contribution >= 0.6 is 0 Å². The first kappa shape index (κ1) is 12.6. The standard InChI is InChI=1S/C16H24Si/c1-15(2)11-7-9-13(15)17(5,6)14-10-8-12-16(14,3)4/h7-12H,1-6H3. The fourth-order valence-corrected chi connectivity index (χ4v) is 8.26. The van der Waals surface area contributed by atoms with Gasteiger partial charge in [0, 0.05) is 10.8 Å². The van der Waals surface area contributed by atoms with Crippen LogP contribution in [-0.2, 0) is 0 Å². The van der Waals surface area contributed by atoms with Gasteiger partial charge in [-0.2, -0.15) is 0 Å². The summed E-state index contributed by atoms with van der Waals surface area (Å²) in [6.45, 7) is 14.3. The van der Waals surface area contributed by atoms with Gasteiger partial charge in [0.25, 0.3) is 0 Å². The summed E-state index contributed by atoms with van der Waals surface area (Å²) in [5.74, 6) is 0. The molecule has 0 radical (unpaired) electrons. The lowest BCUT2D eigenvalue weighted by atomic mass is 9.95. The molecule has 0 spiro atoms. The van der Waals surface area contributed by atoms with E-state index in [4.69, 9.17) is 0 Å². The highest BCUT2D eigenvalue weighted by Gasteiger charge is 2.43. The molecule has 0 saturated heterocycles. The number of rotatable bonds is 2. The average molecular weight is 244 g/mol. The molecule has 0 atom stereocenters. The van der Waals surface area contributed by atoms with Crippen LogP contribution in [0.15, 0.2) is 46.8 Å². The first-order valence-electron chi connectivity index (χ1n) is 6.49. The van der Waals surface area contributed by atoms with Gasteiger partial charge < -0.3 is 0 Å². The summed E-state index contributed by atoms with van der Waals surface area (Å²) >= 11 is 0. The van der Waals surface area contributed by atoms with Crippen molar-refractivity contribution in [2.45, 2.75) is 40.8 Å². The van der Waals surface area contributed by atoms with Gasteiger partial charge >= 0.3 is 0 Å². The minimum atomic E-state index is -1.51. The van der Waals surface area contributed by atoms with Crippen LogP contribution in [0.1, 0.15) is 27.7 Å². The van der Waals surface area contributed by atoms with Gasteiger partial charge in [-0.1, -0.05) is 87.6 Å². The largest absolute Gasteiger partial charge is 0.105 e. The molecule has 0 heterocycles. The molecule has 0 aliphatic heterocycles. The predicted molar refractivity (Wildman–Crippen MR) is 79.5 cm³/mol. The Morgan fingerprint density at radius 1 is 0.765 bits per heavy atom. The molecular weight excluding hydrogens is 220 g/mol. The molecule has 2 aliphatic carbocycles. The quantitative estimate of drug-likeness (QED) is 0.611. The van der Waals surface area contributed by atoms with Crippen molar-refractivity contribution in [3.8, 4) is 0 Å². The topological polar surface area (TPSA) is 0 Å². The van der Waals surface area contributed by atoms with Gasteiger partial charge in [0.05, 0.1) is 0 Å². The van der Waals surface area contributed by atoms with Crippen molar-refractivity contribution in [1.82, 2.24) is 0 Å². The Morgan fingerprint density at radius 3 is 1.35 bits per heavy atom. The molecule has 0 unspecified atom stereocenters. The maximum atomic E-state index is 2.49. The highest BCUT2D eigenvalue weighted by Crippen LogP contribution is 2.47.